The molecule has 1 aliphatic carbocycles. The van der Waals surface area contributed by atoms with Crippen molar-refractivity contribution in [2.24, 2.45) is 5.41 Å². The number of cyclic esters (lactones) is 1. The summed E-state index contributed by atoms with van der Waals surface area (Å²) in [7, 11) is 0. The Morgan fingerprint density at radius 2 is 1.85 bits per heavy atom. The Labute approximate surface area is 193 Å². The summed E-state index contributed by atoms with van der Waals surface area (Å²) in [5, 5.41) is 9.93. The molecule has 6 nitrogen and oxygen atoms in total. The number of benzene rings is 1. The number of halogens is 1. The van der Waals surface area contributed by atoms with E-state index < -0.39 is 23.6 Å². The van der Waals surface area contributed by atoms with Crippen molar-refractivity contribution in [2.45, 2.75) is 77.5 Å². The first-order valence-electron chi connectivity index (χ1n) is 11.5. The van der Waals surface area contributed by atoms with Gasteiger partial charge in [-0.25, -0.2) is 4.39 Å². The lowest BCUT2D eigenvalue weighted by molar-refractivity contribution is -0.156. The summed E-state index contributed by atoms with van der Waals surface area (Å²) < 4.78 is 19.4. The number of aliphatic hydroxyl groups is 1. The maximum absolute atomic E-state index is 14.0. The van der Waals surface area contributed by atoms with Gasteiger partial charge in [0.05, 0.1) is 12.5 Å². The molecule has 3 atom stereocenters. The van der Waals surface area contributed by atoms with Gasteiger partial charge in [-0.05, 0) is 65.7 Å². The van der Waals surface area contributed by atoms with E-state index >= 15 is 0 Å². The molecule has 176 valence electrons. The highest BCUT2D eigenvalue weighted by Gasteiger charge is 2.42. The lowest BCUT2D eigenvalue weighted by atomic mass is 9.68. The molecular weight excluding hydrogens is 425 g/mol. The average Bonchev–Trinajstić information content (AvgIpc) is 3.05. The Morgan fingerprint density at radius 3 is 2.48 bits per heavy atom. The molecule has 2 aliphatic heterocycles. The molecule has 0 saturated carbocycles. The maximum atomic E-state index is 14.0. The third kappa shape index (κ3) is 4.78. The Bertz CT molecular complexity index is 1040. The number of allylic oxidation sites excluding steroid dienone is 2. The van der Waals surface area contributed by atoms with E-state index in [1.165, 1.54) is 11.0 Å². The summed E-state index contributed by atoms with van der Waals surface area (Å²) in [6.45, 7) is 5.82. The Morgan fingerprint density at radius 1 is 1.15 bits per heavy atom. The molecule has 3 unspecified atom stereocenters. The summed E-state index contributed by atoms with van der Waals surface area (Å²) in [5.41, 5.74) is 2.87. The maximum Gasteiger partial charge on any atom is 0.309 e. The number of likely N-dealkylation sites (tertiary alicyclic amines) is 1. The summed E-state index contributed by atoms with van der Waals surface area (Å²) >= 11 is 0. The molecule has 0 aromatic heterocycles. The number of amides is 2. The minimum atomic E-state index is -0.731. The number of imide groups is 1. The molecular formula is C26H30FNO5. The van der Waals surface area contributed by atoms with Gasteiger partial charge in [0.25, 0.3) is 0 Å². The molecule has 33 heavy (non-hydrogen) atoms. The zero-order valence-corrected chi connectivity index (χ0v) is 19.3. The molecule has 0 radical (unpaired) electrons. The SMILES string of the molecule is Cc1cc(C2=C(C=CC3CC(O)CC(=O)O3)C(C)(C)CC(N3C(=O)CCC3=O)C2)ccc1F. The molecule has 4 rings (SSSR count). The van der Waals surface area contributed by atoms with Crippen molar-refractivity contribution in [2.75, 3.05) is 0 Å². The van der Waals surface area contributed by atoms with Crippen LogP contribution in [0.4, 0.5) is 4.39 Å². The summed E-state index contributed by atoms with van der Waals surface area (Å²) in [5.74, 6) is -1.01. The van der Waals surface area contributed by atoms with Gasteiger partial charge in [0.15, 0.2) is 0 Å². The van der Waals surface area contributed by atoms with E-state index in [1.807, 2.05) is 6.08 Å². The van der Waals surface area contributed by atoms with E-state index in [1.54, 1.807) is 25.1 Å². The first-order chi connectivity index (χ1) is 15.5. The molecule has 2 heterocycles. The normalized spacial score (nSPS) is 28.1. The highest BCUT2D eigenvalue weighted by Crippen LogP contribution is 2.47. The van der Waals surface area contributed by atoms with Gasteiger partial charge in [-0.3, -0.25) is 19.3 Å². The number of carbonyl (C=O) groups excluding carboxylic acids is 3. The molecule has 3 aliphatic rings. The number of hydrogen-bond acceptors (Lipinski definition) is 5. The standard InChI is InChI=1S/C26H30FNO5/c1-15-10-16(4-7-22(15)27)20-11-17(28-23(30)8-9-24(28)31)14-26(2,3)21(20)6-5-19-12-18(29)13-25(32)33-19/h4-7,10,17-19,29H,8-9,11-14H2,1-3H3. The number of carbonyl (C=O) groups is 3. The third-order valence-electron chi connectivity index (χ3n) is 6.87. The summed E-state index contributed by atoms with van der Waals surface area (Å²) in [6, 6.07) is 4.67. The largest absolute Gasteiger partial charge is 0.458 e. The topological polar surface area (TPSA) is 83.9 Å². The van der Waals surface area contributed by atoms with Crippen molar-refractivity contribution < 1.29 is 28.6 Å². The number of esters is 1. The molecule has 1 aromatic rings. The van der Waals surface area contributed by atoms with Gasteiger partial charge in [0.2, 0.25) is 11.8 Å². The summed E-state index contributed by atoms with van der Waals surface area (Å²) in [4.78, 5) is 38.1. The molecule has 0 spiro atoms. The lowest BCUT2D eigenvalue weighted by Crippen LogP contribution is -2.44. The first kappa shape index (κ1) is 23.4. The third-order valence-corrected chi connectivity index (χ3v) is 6.87. The van der Waals surface area contributed by atoms with Crippen LogP contribution in [0.3, 0.4) is 0 Å². The van der Waals surface area contributed by atoms with Crippen LogP contribution >= 0.6 is 0 Å². The number of rotatable bonds is 4. The van der Waals surface area contributed by atoms with Crippen molar-refractivity contribution in [1.82, 2.24) is 4.90 Å². The summed E-state index contributed by atoms with van der Waals surface area (Å²) in [6.07, 6.45) is 4.34. The highest BCUT2D eigenvalue weighted by atomic mass is 19.1. The Kier molecular flexibility index (Phi) is 6.27. The molecule has 0 bridgehead atoms. The van der Waals surface area contributed by atoms with Crippen molar-refractivity contribution in [1.29, 1.82) is 0 Å². The fourth-order valence-corrected chi connectivity index (χ4v) is 5.27. The molecule has 1 aromatic carbocycles. The zero-order valence-electron chi connectivity index (χ0n) is 19.3. The fourth-order valence-electron chi connectivity index (χ4n) is 5.27. The minimum absolute atomic E-state index is 0.00178. The van der Waals surface area contributed by atoms with Crippen molar-refractivity contribution in [3.63, 3.8) is 0 Å². The van der Waals surface area contributed by atoms with Crippen LogP contribution in [-0.4, -0.2) is 46.0 Å². The lowest BCUT2D eigenvalue weighted by Gasteiger charge is -2.41. The second-order valence-electron chi connectivity index (χ2n) is 9.94. The van der Waals surface area contributed by atoms with Gasteiger partial charge in [-0.15, -0.1) is 0 Å². The van der Waals surface area contributed by atoms with E-state index in [2.05, 4.69) is 13.8 Å². The van der Waals surface area contributed by atoms with Gasteiger partial charge in [-0.1, -0.05) is 26.0 Å². The fraction of sp³-hybridized carbons (Fsp3) is 0.500. The number of aliphatic hydroxyl groups excluding tert-OH is 1. The van der Waals surface area contributed by atoms with Crippen LogP contribution in [-0.2, 0) is 19.1 Å². The Balaban J connectivity index is 1.76. The van der Waals surface area contributed by atoms with Crippen molar-refractivity contribution in [3.05, 3.63) is 52.9 Å². The number of hydrogen-bond donors (Lipinski definition) is 1. The van der Waals surface area contributed by atoms with Crippen LogP contribution in [0.1, 0.15) is 63.5 Å². The molecule has 7 heteroatoms. The van der Waals surface area contributed by atoms with Crippen molar-refractivity contribution >= 4 is 23.4 Å². The van der Waals surface area contributed by atoms with Crippen LogP contribution in [0.15, 0.2) is 35.9 Å². The van der Waals surface area contributed by atoms with Crippen LogP contribution in [0.25, 0.3) is 5.57 Å². The van der Waals surface area contributed by atoms with Crippen LogP contribution in [0, 0.1) is 18.2 Å². The first-order valence-corrected chi connectivity index (χ1v) is 11.5. The zero-order chi connectivity index (χ0) is 23.9. The van der Waals surface area contributed by atoms with Crippen LogP contribution in [0.5, 0.6) is 0 Å². The van der Waals surface area contributed by atoms with E-state index in [9.17, 15) is 23.9 Å². The predicted octanol–water partition coefficient (Wildman–Crippen LogP) is 3.85. The van der Waals surface area contributed by atoms with E-state index in [0.29, 0.717) is 24.8 Å². The van der Waals surface area contributed by atoms with Gasteiger partial charge in [0.1, 0.15) is 11.9 Å². The Hall–Kier alpha value is -2.80. The van der Waals surface area contributed by atoms with E-state index in [4.69, 9.17) is 4.74 Å². The monoisotopic (exact) mass is 455 g/mol. The second-order valence-corrected chi connectivity index (χ2v) is 9.94. The molecule has 2 amide bonds. The number of ether oxygens (including phenoxy) is 1. The molecule has 1 N–H and O–H groups in total. The van der Waals surface area contributed by atoms with E-state index in [0.717, 1.165) is 16.7 Å². The average molecular weight is 456 g/mol. The van der Waals surface area contributed by atoms with Gasteiger partial charge in [-0.2, -0.15) is 0 Å². The van der Waals surface area contributed by atoms with Crippen LogP contribution in [0.2, 0.25) is 0 Å². The number of aryl methyl sites for hydroxylation is 1. The smallest absolute Gasteiger partial charge is 0.309 e. The quantitative estimate of drug-likeness (QED) is 0.551. The van der Waals surface area contributed by atoms with E-state index in [-0.39, 0.29) is 42.9 Å². The molecule has 2 saturated heterocycles. The van der Waals surface area contributed by atoms with Crippen LogP contribution < -0.4 is 0 Å². The van der Waals surface area contributed by atoms with Gasteiger partial charge in [0, 0.05) is 25.3 Å². The molecule has 2 fully saturated rings. The number of nitrogens with zero attached hydrogens (tertiary/aromatic N) is 1. The minimum Gasteiger partial charge on any atom is -0.458 e. The van der Waals surface area contributed by atoms with Gasteiger partial charge >= 0.3 is 5.97 Å². The highest BCUT2D eigenvalue weighted by molar-refractivity contribution is 6.02. The van der Waals surface area contributed by atoms with Crippen molar-refractivity contribution in [3.8, 4) is 0 Å². The second kappa shape index (κ2) is 8.86. The van der Waals surface area contributed by atoms with Gasteiger partial charge < -0.3 is 9.84 Å². The predicted molar refractivity (Wildman–Crippen MR) is 120 cm³/mol.